The lowest BCUT2D eigenvalue weighted by Gasteiger charge is -2.37. The fourth-order valence-electron chi connectivity index (χ4n) is 14.6. The third-order valence-corrected chi connectivity index (χ3v) is 24.9. The van der Waals surface area contributed by atoms with Crippen LogP contribution < -0.4 is 51.9 Å². The Labute approximate surface area is 767 Å². The van der Waals surface area contributed by atoms with E-state index in [1.807, 2.05) is 80.0 Å². The molecule has 7 fully saturated rings. The highest BCUT2D eigenvalue weighted by Crippen LogP contribution is 2.43. The zero-order valence-electron chi connectivity index (χ0n) is 73.9. The highest BCUT2D eigenvalue weighted by atomic mass is 35.5. The molecule has 126 heavy (non-hydrogen) atoms. The summed E-state index contributed by atoms with van der Waals surface area (Å²) >= 11 is 34.6. The fourth-order valence-corrected chi connectivity index (χ4v) is 15.5. The number of nitrogens with two attached hydrogens (primary N) is 1. The second kappa shape index (κ2) is 44.5. The Hall–Kier alpha value is -8.75. The zero-order valence-corrected chi connectivity index (χ0v) is 78.4. The molecule has 0 aliphatic carbocycles. The number of carbonyl (C=O) groups excluding carboxylic acids is 2. The zero-order chi connectivity index (χ0) is 90.8. The van der Waals surface area contributed by atoms with Crippen LogP contribution in [0, 0.1) is 0 Å². The standard InChI is InChI=1S/C29H37ClN8O3.C17H26N4O2.C14H23BN2O3.C12H12Cl2N4O.C9H15BN2O2.C4HCl3N2/c1-5-26(39)33-22-14-23(25(40-4)15-24(22)37-11-9-20(10-12-37)36(2)3)34-29-31-17-21(30)28(35-29)19-16-32-38(18-19)27-8-6-7-13-41-27;1-5-17(22)19-14-10-13(18)16(23-4)11-15(14)21-8-6-12(7-9-21)20(2)3;1-13(2)14(3,4)20-15(19-13)11-9-16-17(10-11)12-7-5-6-8-18-12;13-9-6-15-12(14)17-11(9)8-5-16-18(7-8)10-3-1-2-4-19-10;1-8(2)9(3,4)14-10(13-8)7-5-11-12-6-7;5-2-1-8-4(7)9-3(2)6/h5,14-18,20,27H,1,6-13H2,2-4H3,(H,33,39)(H,31,34,35);5,10-12H,1,6-9,18H2,2-4H3,(H,19,22);9-10,12H,5-8H2,1-4H3;5-7,10H,1-4H2;5-6H,1-4H3,(H,11,12);1H. The summed E-state index contributed by atoms with van der Waals surface area (Å²) in [4.78, 5) is 57.3. The van der Waals surface area contributed by atoms with E-state index in [0.717, 1.165) is 156 Å². The van der Waals surface area contributed by atoms with Gasteiger partial charge in [-0.2, -0.15) is 20.4 Å². The van der Waals surface area contributed by atoms with E-state index in [2.05, 4.69) is 155 Å². The third-order valence-electron chi connectivity index (χ3n) is 23.3. The van der Waals surface area contributed by atoms with Gasteiger partial charge in [-0.1, -0.05) is 59.6 Å². The van der Waals surface area contributed by atoms with Crippen molar-refractivity contribution in [2.75, 3.05) is 120 Å². The van der Waals surface area contributed by atoms with Crippen LogP contribution in [0.1, 0.15) is 158 Å². The first kappa shape index (κ1) is 97.9. The minimum Gasteiger partial charge on any atom is -0.495 e. The fraction of sp³-hybridized carbons (Fsp3) is 0.506. The summed E-state index contributed by atoms with van der Waals surface area (Å²) in [6, 6.07) is 8.52. The lowest BCUT2D eigenvalue weighted by molar-refractivity contribution is -0.112. The molecule has 7 saturated heterocycles. The second-order valence-corrected chi connectivity index (χ2v) is 35.7. The van der Waals surface area contributed by atoms with Gasteiger partial charge in [0.15, 0.2) is 5.15 Å². The van der Waals surface area contributed by atoms with E-state index in [4.69, 9.17) is 123 Å². The van der Waals surface area contributed by atoms with Crippen molar-refractivity contribution in [1.82, 2.24) is 79.2 Å². The minimum atomic E-state index is -0.350. The molecule has 3 atom stereocenters. The predicted octanol–water partition coefficient (Wildman–Crippen LogP) is 15.4. The van der Waals surface area contributed by atoms with E-state index < -0.39 is 0 Å². The Morgan fingerprint density at radius 1 is 0.516 bits per heavy atom. The number of carbonyl (C=O) groups is 2. The Bertz CT molecular complexity index is 5060. The van der Waals surface area contributed by atoms with Gasteiger partial charge in [0.05, 0.1) is 128 Å². The Balaban J connectivity index is 0.000000156. The van der Waals surface area contributed by atoms with Crippen LogP contribution in [0.2, 0.25) is 30.8 Å². The molecule has 7 aliphatic heterocycles. The van der Waals surface area contributed by atoms with Crippen LogP contribution in [0.25, 0.3) is 22.5 Å². The highest BCUT2D eigenvalue weighted by molar-refractivity contribution is 6.62. The van der Waals surface area contributed by atoms with E-state index >= 15 is 0 Å². The first-order valence-corrected chi connectivity index (χ1v) is 44.2. The van der Waals surface area contributed by atoms with Crippen LogP contribution in [-0.4, -0.2) is 228 Å². The van der Waals surface area contributed by atoms with Crippen molar-refractivity contribution in [3.63, 3.8) is 0 Å². The summed E-state index contributed by atoms with van der Waals surface area (Å²) in [5, 5.41) is 30.5. The molecular formula is C85H114B2Cl6N22O11. The van der Waals surface area contributed by atoms with Gasteiger partial charge >= 0.3 is 14.2 Å². The van der Waals surface area contributed by atoms with Crippen LogP contribution in [0.15, 0.2) is 118 Å². The van der Waals surface area contributed by atoms with Gasteiger partial charge in [0.25, 0.3) is 0 Å². The first-order chi connectivity index (χ1) is 60.1. The number of halogens is 6. The first-order valence-electron chi connectivity index (χ1n) is 42.0. The van der Waals surface area contributed by atoms with Crippen LogP contribution >= 0.6 is 69.6 Å². The van der Waals surface area contributed by atoms with Gasteiger partial charge in [-0.25, -0.2) is 43.9 Å². The molecule has 33 nitrogen and oxygen atoms in total. The van der Waals surface area contributed by atoms with Gasteiger partial charge in [-0.15, -0.1) is 0 Å². The summed E-state index contributed by atoms with van der Waals surface area (Å²) < 4.78 is 57.6. The maximum atomic E-state index is 12.4. The number of nitrogens with zero attached hydrogens (tertiary/aromatic N) is 17. The predicted molar refractivity (Wildman–Crippen MR) is 497 cm³/mol. The number of ether oxygens (including phenoxy) is 5. The van der Waals surface area contributed by atoms with Crippen LogP contribution in [-0.2, 0) is 42.4 Å². The number of nitrogens with one attached hydrogen (secondary N) is 4. The van der Waals surface area contributed by atoms with Crippen molar-refractivity contribution in [2.24, 2.45) is 0 Å². The lowest BCUT2D eigenvalue weighted by atomic mass is 9.82. The summed E-state index contributed by atoms with van der Waals surface area (Å²) in [6.45, 7) is 29.4. The molecule has 0 spiro atoms. The van der Waals surface area contributed by atoms with Crippen molar-refractivity contribution in [3.05, 3.63) is 149 Å². The number of rotatable bonds is 19. The topological polar surface area (TPSA) is 352 Å². The molecule has 16 rings (SSSR count). The SMILES string of the molecule is C=CC(=O)Nc1cc(N)c(OC)cc1N1CCC(N(C)C)CC1.C=CC(=O)Nc1cc(Nc2ncc(Cl)c(-c3cnn(C4CCCCO4)c3)n2)c(OC)cc1N1CCC(N(C)C)CC1.CC1(C)OB(c2cn[nH]c2)OC1(C)C.CC1(C)OB(c2cnn(C3CCCCO3)c2)OC1(C)C.Clc1ncc(Cl)c(-c2cnn(C3CCCCO3)c2)n1.Clc1ncc(Cl)c(Cl)n1. The highest BCUT2D eigenvalue weighted by Gasteiger charge is 2.53. The number of amides is 2. The van der Waals surface area contributed by atoms with Gasteiger partial charge in [-0.3, -0.25) is 14.7 Å². The third kappa shape index (κ3) is 25.6. The maximum Gasteiger partial charge on any atom is 0.498 e. The molecule has 9 aromatic rings. The normalized spacial score (nSPS) is 19.6. The maximum absolute atomic E-state index is 12.4. The van der Waals surface area contributed by atoms with Gasteiger partial charge in [0.1, 0.15) is 30.2 Å². The molecule has 3 unspecified atom stereocenters. The molecule has 0 bridgehead atoms. The van der Waals surface area contributed by atoms with E-state index in [0.29, 0.717) is 78.7 Å². The van der Waals surface area contributed by atoms with Crippen molar-refractivity contribution in [3.8, 4) is 34.0 Å². The molecule has 2 aromatic carbocycles. The number of benzene rings is 2. The number of nitrogen functional groups attached to an aromatic ring is 1. The van der Waals surface area contributed by atoms with E-state index in [1.54, 1.807) is 56.0 Å². The Kier molecular flexibility index (Phi) is 34.6. The summed E-state index contributed by atoms with van der Waals surface area (Å²) in [6.07, 6.45) is 35.3. The Morgan fingerprint density at radius 3 is 1.36 bits per heavy atom. The summed E-state index contributed by atoms with van der Waals surface area (Å²) in [5.41, 5.74) is 13.6. The van der Waals surface area contributed by atoms with Crippen molar-refractivity contribution in [1.29, 1.82) is 0 Å². The summed E-state index contributed by atoms with van der Waals surface area (Å²) in [7, 11) is 11.0. The average Bonchev–Trinajstić information content (AvgIpc) is 1.65. The number of anilines is 7. The number of H-pyrrole nitrogens is 1. The molecule has 2 amide bonds. The second-order valence-electron chi connectivity index (χ2n) is 33.4. The smallest absolute Gasteiger partial charge is 0.495 e. The van der Waals surface area contributed by atoms with E-state index in [1.165, 1.54) is 31.0 Å². The number of piperidine rings is 2. The molecular weight excluding hydrogens is 1740 g/mol. The van der Waals surface area contributed by atoms with E-state index in [9.17, 15) is 9.59 Å². The molecule has 41 heteroatoms. The van der Waals surface area contributed by atoms with Crippen LogP contribution in [0.3, 0.4) is 0 Å². The van der Waals surface area contributed by atoms with Gasteiger partial charge < -0.3 is 83.6 Å². The molecule has 0 radical (unpaired) electrons. The van der Waals surface area contributed by atoms with Crippen LogP contribution in [0.5, 0.6) is 11.5 Å². The molecule has 6 N–H and O–H groups in total. The number of aromatic nitrogens is 14. The van der Waals surface area contributed by atoms with Gasteiger partial charge in [0, 0.05) is 129 Å². The molecule has 678 valence electrons. The number of aromatic amines is 1. The summed E-state index contributed by atoms with van der Waals surface area (Å²) in [5.74, 6) is 0.985. The number of methoxy groups -OCH3 is 2. The number of hydrogen-bond donors (Lipinski definition) is 5. The Morgan fingerprint density at radius 2 is 0.937 bits per heavy atom. The number of hydrogen-bond acceptors (Lipinski definition) is 27. The van der Waals surface area contributed by atoms with Crippen molar-refractivity contribution in [2.45, 2.75) is 192 Å². The molecule has 7 aliphatic rings. The largest absolute Gasteiger partial charge is 0.498 e. The van der Waals surface area contributed by atoms with Gasteiger partial charge in [-0.05, 0) is 215 Å². The quantitative estimate of drug-likeness (QED) is 0.0165. The van der Waals surface area contributed by atoms with E-state index in [-0.39, 0.29) is 82.9 Å². The molecule has 14 heterocycles. The van der Waals surface area contributed by atoms with Crippen molar-refractivity contribution >= 4 is 147 Å². The van der Waals surface area contributed by atoms with Crippen molar-refractivity contribution < 1.29 is 51.9 Å². The van der Waals surface area contributed by atoms with Gasteiger partial charge in [0.2, 0.25) is 28.3 Å². The minimum absolute atomic E-state index is 0.00131. The molecule has 0 saturated carbocycles. The molecule has 7 aromatic heterocycles. The monoisotopic (exact) mass is 1850 g/mol. The lowest BCUT2D eigenvalue weighted by Crippen LogP contribution is -2.42. The van der Waals surface area contributed by atoms with Crippen LogP contribution in [0.4, 0.5) is 40.1 Å². The average molecular weight is 1850 g/mol.